The van der Waals surface area contributed by atoms with Crippen LogP contribution in [0, 0.1) is 12.8 Å². The van der Waals surface area contributed by atoms with E-state index in [-0.39, 0.29) is 0 Å². The van der Waals surface area contributed by atoms with Gasteiger partial charge in [-0.15, -0.1) is 11.8 Å². The van der Waals surface area contributed by atoms with Gasteiger partial charge < -0.3 is 0 Å². The highest BCUT2D eigenvalue weighted by atomic mass is 79.9. The lowest BCUT2D eigenvalue weighted by molar-refractivity contribution is 0.623. The van der Waals surface area contributed by atoms with Gasteiger partial charge in [0.25, 0.3) is 0 Å². The van der Waals surface area contributed by atoms with Crippen molar-refractivity contribution in [2.24, 2.45) is 5.92 Å². The first-order chi connectivity index (χ1) is 7.27. The van der Waals surface area contributed by atoms with Crippen molar-refractivity contribution in [3.05, 3.63) is 22.3 Å². The van der Waals surface area contributed by atoms with E-state index in [1.165, 1.54) is 41.5 Å². The highest BCUT2D eigenvalue weighted by molar-refractivity contribution is 9.10. The molecule has 1 saturated carbocycles. The zero-order valence-electron chi connectivity index (χ0n) is 9.00. The Bertz CT molecular complexity index is 334. The Labute approximate surface area is 104 Å². The van der Waals surface area contributed by atoms with E-state index in [0.29, 0.717) is 0 Å². The van der Waals surface area contributed by atoms with Crippen LogP contribution in [0.5, 0.6) is 0 Å². The van der Waals surface area contributed by atoms with Crippen molar-refractivity contribution < 1.29 is 0 Å². The van der Waals surface area contributed by atoms with Gasteiger partial charge in [0, 0.05) is 11.9 Å². The molecule has 15 heavy (non-hydrogen) atoms. The van der Waals surface area contributed by atoms with Crippen molar-refractivity contribution >= 4 is 27.7 Å². The van der Waals surface area contributed by atoms with Crippen LogP contribution in [-0.4, -0.2) is 10.7 Å². The van der Waals surface area contributed by atoms with Gasteiger partial charge in [0.05, 0.1) is 4.47 Å². The molecule has 0 amide bonds. The Morgan fingerprint density at radius 1 is 1.47 bits per heavy atom. The summed E-state index contributed by atoms with van der Waals surface area (Å²) in [4.78, 5) is 4.42. The minimum absolute atomic E-state index is 0.921. The molecule has 0 N–H and O–H groups in total. The van der Waals surface area contributed by atoms with Crippen LogP contribution in [0.25, 0.3) is 0 Å². The summed E-state index contributed by atoms with van der Waals surface area (Å²) in [7, 11) is 0. The number of aryl methyl sites for hydroxylation is 1. The Morgan fingerprint density at radius 3 is 2.93 bits per heavy atom. The maximum atomic E-state index is 4.42. The number of pyridine rings is 1. The van der Waals surface area contributed by atoms with Gasteiger partial charge in [0.1, 0.15) is 5.03 Å². The fraction of sp³-hybridized carbons (Fsp3) is 0.583. The molecule has 1 aromatic heterocycles. The molecule has 2 rings (SSSR count). The molecule has 0 spiro atoms. The predicted octanol–water partition coefficient (Wildman–Crippen LogP) is 4.43. The van der Waals surface area contributed by atoms with Crippen molar-refractivity contribution in [1.82, 2.24) is 4.98 Å². The second kappa shape index (κ2) is 5.35. The Hall–Kier alpha value is -0.0200. The molecule has 1 heterocycles. The van der Waals surface area contributed by atoms with Crippen molar-refractivity contribution in [1.29, 1.82) is 0 Å². The SMILES string of the molecule is Cc1ccnc(SCC2CCCC2)c1Br. The lowest BCUT2D eigenvalue weighted by atomic mass is 10.1. The van der Waals surface area contributed by atoms with Crippen LogP contribution in [-0.2, 0) is 0 Å². The highest BCUT2D eigenvalue weighted by Gasteiger charge is 2.16. The van der Waals surface area contributed by atoms with E-state index in [1.807, 2.05) is 24.0 Å². The summed E-state index contributed by atoms with van der Waals surface area (Å²) in [6.07, 6.45) is 7.57. The van der Waals surface area contributed by atoms with Crippen molar-refractivity contribution in [3.63, 3.8) is 0 Å². The smallest absolute Gasteiger partial charge is 0.110 e. The standard InChI is InChI=1S/C12H16BrNS/c1-9-6-7-14-12(11(9)13)15-8-10-4-2-3-5-10/h6-7,10H,2-5,8H2,1H3. The zero-order valence-corrected chi connectivity index (χ0v) is 11.4. The van der Waals surface area contributed by atoms with Gasteiger partial charge >= 0.3 is 0 Å². The molecule has 82 valence electrons. The van der Waals surface area contributed by atoms with Gasteiger partial charge in [-0.1, -0.05) is 12.8 Å². The number of thioether (sulfide) groups is 1. The van der Waals surface area contributed by atoms with Crippen molar-refractivity contribution in [2.75, 3.05) is 5.75 Å². The molecule has 1 aromatic rings. The number of halogens is 1. The first-order valence-corrected chi connectivity index (χ1v) is 7.29. The number of rotatable bonds is 3. The molecule has 3 heteroatoms. The van der Waals surface area contributed by atoms with E-state index in [9.17, 15) is 0 Å². The van der Waals surface area contributed by atoms with Crippen molar-refractivity contribution in [3.8, 4) is 0 Å². The summed E-state index contributed by atoms with van der Waals surface area (Å²) in [6, 6.07) is 2.05. The number of hydrogen-bond acceptors (Lipinski definition) is 2. The first kappa shape index (κ1) is 11.5. The quantitative estimate of drug-likeness (QED) is 0.762. The minimum atomic E-state index is 0.921. The fourth-order valence-corrected chi connectivity index (χ4v) is 3.72. The molecule has 1 nitrogen and oxygen atoms in total. The van der Waals surface area contributed by atoms with E-state index in [1.54, 1.807) is 0 Å². The molecule has 0 atom stereocenters. The Kier molecular flexibility index (Phi) is 4.09. The Morgan fingerprint density at radius 2 is 2.20 bits per heavy atom. The third-order valence-corrected chi connectivity index (χ3v) is 5.47. The van der Waals surface area contributed by atoms with Gasteiger partial charge in [-0.2, -0.15) is 0 Å². The van der Waals surface area contributed by atoms with Crippen LogP contribution in [0.3, 0.4) is 0 Å². The van der Waals surface area contributed by atoms with Gasteiger partial charge in [-0.3, -0.25) is 0 Å². The molecule has 0 aromatic carbocycles. The van der Waals surface area contributed by atoms with E-state index in [0.717, 1.165) is 10.9 Å². The zero-order chi connectivity index (χ0) is 10.7. The normalized spacial score (nSPS) is 17.2. The maximum absolute atomic E-state index is 4.42. The van der Waals surface area contributed by atoms with Gasteiger partial charge in [0.2, 0.25) is 0 Å². The van der Waals surface area contributed by atoms with Gasteiger partial charge in [-0.25, -0.2) is 4.98 Å². The lowest BCUT2D eigenvalue weighted by Crippen LogP contribution is -1.97. The summed E-state index contributed by atoms with van der Waals surface area (Å²) >= 11 is 5.51. The maximum Gasteiger partial charge on any atom is 0.110 e. The number of nitrogens with zero attached hydrogens (tertiary/aromatic N) is 1. The lowest BCUT2D eigenvalue weighted by Gasteiger charge is -2.09. The van der Waals surface area contributed by atoms with E-state index < -0.39 is 0 Å². The van der Waals surface area contributed by atoms with Gasteiger partial charge in [0.15, 0.2) is 0 Å². The third-order valence-electron chi connectivity index (χ3n) is 2.98. The monoisotopic (exact) mass is 285 g/mol. The second-order valence-corrected chi connectivity index (χ2v) is 6.01. The van der Waals surface area contributed by atoms with Crippen LogP contribution in [0.2, 0.25) is 0 Å². The summed E-state index contributed by atoms with van der Waals surface area (Å²) in [5.41, 5.74) is 1.28. The van der Waals surface area contributed by atoms with Crippen LogP contribution in [0.1, 0.15) is 31.2 Å². The fourth-order valence-electron chi connectivity index (χ4n) is 1.99. The second-order valence-electron chi connectivity index (χ2n) is 4.21. The molecule has 0 unspecified atom stereocenters. The molecule has 1 fully saturated rings. The van der Waals surface area contributed by atoms with Gasteiger partial charge in [-0.05, 0) is 53.2 Å². The predicted molar refractivity (Wildman–Crippen MR) is 69.4 cm³/mol. The molecular weight excluding hydrogens is 270 g/mol. The van der Waals surface area contributed by atoms with Crippen LogP contribution in [0.4, 0.5) is 0 Å². The number of aromatic nitrogens is 1. The molecule has 0 radical (unpaired) electrons. The van der Waals surface area contributed by atoms with E-state index >= 15 is 0 Å². The molecule has 1 aliphatic rings. The minimum Gasteiger partial charge on any atom is -0.249 e. The van der Waals surface area contributed by atoms with Crippen LogP contribution < -0.4 is 0 Å². The van der Waals surface area contributed by atoms with Crippen LogP contribution in [0.15, 0.2) is 21.8 Å². The van der Waals surface area contributed by atoms with E-state index in [4.69, 9.17) is 0 Å². The number of hydrogen-bond donors (Lipinski definition) is 0. The average molecular weight is 286 g/mol. The first-order valence-electron chi connectivity index (χ1n) is 5.51. The molecular formula is C12H16BrNS. The summed E-state index contributed by atoms with van der Waals surface area (Å²) < 4.78 is 1.17. The molecule has 1 aliphatic carbocycles. The van der Waals surface area contributed by atoms with Crippen molar-refractivity contribution in [2.45, 2.75) is 37.6 Å². The van der Waals surface area contributed by atoms with Crippen LogP contribution >= 0.6 is 27.7 Å². The molecule has 0 aliphatic heterocycles. The van der Waals surface area contributed by atoms with E-state index in [2.05, 4.69) is 27.8 Å². The molecule has 0 bridgehead atoms. The average Bonchev–Trinajstić information content (AvgIpc) is 2.73. The summed E-state index contributed by atoms with van der Waals surface area (Å²) in [6.45, 7) is 2.12. The third kappa shape index (κ3) is 2.97. The summed E-state index contributed by atoms with van der Waals surface area (Å²) in [5.74, 6) is 2.15. The largest absolute Gasteiger partial charge is 0.249 e. The summed E-state index contributed by atoms with van der Waals surface area (Å²) in [5, 5.41) is 1.15. The Balaban J connectivity index is 1.95. The molecule has 0 saturated heterocycles. The topological polar surface area (TPSA) is 12.9 Å². The highest BCUT2D eigenvalue weighted by Crippen LogP contribution is 2.33.